The number of ether oxygens (including phenoxy) is 3. The van der Waals surface area contributed by atoms with E-state index in [2.05, 4.69) is 0 Å². The van der Waals surface area contributed by atoms with Gasteiger partial charge in [0, 0.05) is 13.0 Å². The van der Waals surface area contributed by atoms with Crippen molar-refractivity contribution in [1.29, 1.82) is 0 Å². The molecule has 3 atom stereocenters. The van der Waals surface area contributed by atoms with Crippen LogP contribution in [0.3, 0.4) is 0 Å². The van der Waals surface area contributed by atoms with Crippen LogP contribution in [0.15, 0.2) is 0 Å². The number of hydrogen-bond donors (Lipinski definition) is 0. The number of fused-ring (bicyclic) bond motifs is 1. The summed E-state index contributed by atoms with van der Waals surface area (Å²) in [6.45, 7) is 4.85. The van der Waals surface area contributed by atoms with Crippen LogP contribution in [0.25, 0.3) is 0 Å². The molecule has 0 radical (unpaired) electrons. The van der Waals surface area contributed by atoms with E-state index in [-0.39, 0.29) is 18.4 Å². The lowest BCUT2D eigenvalue weighted by Gasteiger charge is -2.34. The molecule has 0 spiro atoms. The zero-order chi connectivity index (χ0) is 12.3. The van der Waals surface area contributed by atoms with Gasteiger partial charge >= 0.3 is 5.97 Å². The molecule has 2 rings (SSSR count). The summed E-state index contributed by atoms with van der Waals surface area (Å²) < 4.78 is 16.6. The number of esters is 1. The molecule has 98 valence electrons. The van der Waals surface area contributed by atoms with Crippen LogP contribution in [-0.2, 0) is 19.0 Å². The minimum Gasteiger partial charge on any atom is -0.465 e. The molecule has 4 nitrogen and oxygen atoms in total. The SMILES string of the molecule is CCOC(=O)[C@@]12CCCC[C@@H]1OC(OCC)C2. The highest BCUT2D eigenvalue weighted by atomic mass is 16.7. The predicted octanol–water partition coefficient (Wildman–Crippen LogP) is 2.26. The van der Waals surface area contributed by atoms with Gasteiger partial charge < -0.3 is 14.2 Å². The Balaban J connectivity index is 2.12. The fraction of sp³-hybridized carbons (Fsp3) is 0.923. The van der Waals surface area contributed by atoms with E-state index in [9.17, 15) is 4.79 Å². The topological polar surface area (TPSA) is 44.8 Å². The Morgan fingerprint density at radius 2 is 2.18 bits per heavy atom. The number of rotatable bonds is 4. The van der Waals surface area contributed by atoms with Gasteiger partial charge in [-0.05, 0) is 26.7 Å². The van der Waals surface area contributed by atoms with Gasteiger partial charge in [0.05, 0.1) is 18.1 Å². The number of carbonyl (C=O) groups excluding carboxylic acids is 1. The molecule has 0 aromatic rings. The van der Waals surface area contributed by atoms with Crippen LogP contribution in [0.2, 0.25) is 0 Å². The minimum absolute atomic E-state index is 0.00755. The second-order valence-electron chi connectivity index (χ2n) is 4.84. The van der Waals surface area contributed by atoms with Crippen molar-refractivity contribution in [3.63, 3.8) is 0 Å². The van der Waals surface area contributed by atoms with E-state index >= 15 is 0 Å². The Morgan fingerprint density at radius 3 is 2.88 bits per heavy atom. The lowest BCUT2D eigenvalue weighted by atomic mass is 9.71. The maximum absolute atomic E-state index is 12.2. The van der Waals surface area contributed by atoms with E-state index in [0.29, 0.717) is 19.6 Å². The van der Waals surface area contributed by atoms with Crippen LogP contribution in [0.4, 0.5) is 0 Å². The molecule has 2 aliphatic rings. The molecule has 0 bridgehead atoms. The van der Waals surface area contributed by atoms with Crippen LogP contribution in [0, 0.1) is 5.41 Å². The first-order valence-corrected chi connectivity index (χ1v) is 6.67. The number of hydrogen-bond acceptors (Lipinski definition) is 4. The van der Waals surface area contributed by atoms with E-state index in [4.69, 9.17) is 14.2 Å². The van der Waals surface area contributed by atoms with Gasteiger partial charge in [-0.2, -0.15) is 0 Å². The Bertz CT molecular complexity index is 279. The van der Waals surface area contributed by atoms with Crippen molar-refractivity contribution >= 4 is 5.97 Å². The van der Waals surface area contributed by atoms with Crippen molar-refractivity contribution in [3.05, 3.63) is 0 Å². The zero-order valence-electron chi connectivity index (χ0n) is 10.7. The highest BCUT2D eigenvalue weighted by Gasteiger charge is 2.55. The highest BCUT2D eigenvalue weighted by molar-refractivity contribution is 5.78. The molecule has 0 N–H and O–H groups in total. The van der Waals surface area contributed by atoms with Crippen molar-refractivity contribution in [2.24, 2.45) is 5.41 Å². The van der Waals surface area contributed by atoms with Crippen LogP contribution in [-0.4, -0.2) is 31.6 Å². The summed E-state index contributed by atoms with van der Waals surface area (Å²) in [7, 11) is 0. The molecule has 17 heavy (non-hydrogen) atoms. The third kappa shape index (κ3) is 2.33. The van der Waals surface area contributed by atoms with Gasteiger partial charge in [0.1, 0.15) is 0 Å². The predicted molar refractivity (Wildman–Crippen MR) is 62.4 cm³/mol. The van der Waals surface area contributed by atoms with Gasteiger partial charge in [0.25, 0.3) is 0 Å². The third-order valence-electron chi connectivity index (χ3n) is 3.84. The summed E-state index contributed by atoms with van der Waals surface area (Å²) in [5.41, 5.74) is -0.436. The Kier molecular flexibility index (Phi) is 4.05. The largest absolute Gasteiger partial charge is 0.465 e. The van der Waals surface area contributed by atoms with E-state index in [1.807, 2.05) is 13.8 Å². The summed E-state index contributed by atoms with van der Waals surface area (Å²) in [6.07, 6.45) is 4.45. The first kappa shape index (κ1) is 12.8. The van der Waals surface area contributed by atoms with E-state index in [0.717, 1.165) is 25.7 Å². The van der Waals surface area contributed by atoms with Gasteiger partial charge in [-0.25, -0.2) is 0 Å². The van der Waals surface area contributed by atoms with Crippen LogP contribution < -0.4 is 0 Å². The normalized spacial score (nSPS) is 36.6. The van der Waals surface area contributed by atoms with Gasteiger partial charge in [0.15, 0.2) is 6.29 Å². The fourth-order valence-electron chi connectivity index (χ4n) is 3.04. The first-order chi connectivity index (χ1) is 8.23. The molecule has 0 aromatic carbocycles. The van der Waals surface area contributed by atoms with Gasteiger partial charge in [-0.15, -0.1) is 0 Å². The standard InChI is InChI=1S/C13H22O4/c1-3-15-11-9-13(12(14)16-4-2)8-6-5-7-10(13)17-11/h10-11H,3-9H2,1-2H3/t10-,11?,13+/m0/s1. The van der Waals surface area contributed by atoms with Crippen LogP contribution >= 0.6 is 0 Å². The average Bonchev–Trinajstić information content (AvgIpc) is 2.69. The van der Waals surface area contributed by atoms with Crippen LogP contribution in [0.1, 0.15) is 46.0 Å². The van der Waals surface area contributed by atoms with Crippen molar-refractivity contribution in [3.8, 4) is 0 Å². The van der Waals surface area contributed by atoms with Gasteiger partial charge in [-0.1, -0.05) is 12.8 Å². The summed E-state index contributed by atoms with van der Waals surface area (Å²) in [4.78, 5) is 12.2. The van der Waals surface area contributed by atoms with Crippen molar-refractivity contribution in [2.45, 2.75) is 58.3 Å². The molecule has 1 aliphatic carbocycles. The smallest absolute Gasteiger partial charge is 0.314 e. The molecular weight excluding hydrogens is 220 g/mol. The molecule has 2 fully saturated rings. The van der Waals surface area contributed by atoms with E-state index < -0.39 is 5.41 Å². The molecule has 1 saturated heterocycles. The van der Waals surface area contributed by atoms with Gasteiger partial charge in [-0.3, -0.25) is 4.79 Å². The lowest BCUT2D eigenvalue weighted by Crippen LogP contribution is -2.42. The Hall–Kier alpha value is -0.610. The van der Waals surface area contributed by atoms with Crippen molar-refractivity contribution < 1.29 is 19.0 Å². The summed E-state index contributed by atoms with van der Waals surface area (Å²) in [5.74, 6) is -0.0908. The van der Waals surface area contributed by atoms with Crippen molar-refractivity contribution in [2.75, 3.05) is 13.2 Å². The van der Waals surface area contributed by atoms with Crippen molar-refractivity contribution in [1.82, 2.24) is 0 Å². The third-order valence-corrected chi connectivity index (χ3v) is 3.84. The summed E-state index contributed by atoms with van der Waals surface area (Å²) in [6, 6.07) is 0. The summed E-state index contributed by atoms with van der Waals surface area (Å²) in [5, 5.41) is 0. The molecule has 1 unspecified atom stereocenters. The van der Waals surface area contributed by atoms with E-state index in [1.54, 1.807) is 0 Å². The molecule has 1 aliphatic heterocycles. The molecule has 0 aromatic heterocycles. The quantitative estimate of drug-likeness (QED) is 0.709. The van der Waals surface area contributed by atoms with Crippen LogP contribution in [0.5, 0.6) is 0 Å². The van der Waals surface area contributed by atoms with E-state index in [1.165, 1.54) is 0 Å². The zero-order valence-corrected chi connectivity index (χ0v) is 10.7. The molecular formula is C13H22O4. The molecule has 1 heterocycles. The average molecular weight is 242 g/mol. The second kappa shape index (κ2) is 5.36. The minimum atomic E-state index is -0.436. The maximum atomic E-state index is 12.2. The summed E-state index contributed by atoms with van der Waals surface area (Å²) >= 11 is 0. The molecule has 0 amide bonds. The highest BCUT2D eigenvalue weighted by Crippen LogP contribution is 2.49. The Labute approximate surface area is 103 Å². The fourth-order valence-corrected chi connectivity index (χ4v) is 3.04. The second-order valence-corrected chi connectivity index (χ2v) is 4.84. The Morgan fingerprint density at radius 1 is 1.35 bits per heavy atom. The monoisotopic (exact) mass is 242 g/mol. The first-order valence-electron chi connectivity index (χ1n) is 6.67. The number of carbonyl (C=O) groups is 1. The van der Waals surface area contributed by atoms with Gasteiger partial charge in [0.2, 0.25) is 0 Å². The molecule has 1 saturated carbocycles. The maximum Gasteiger partial charge on any atom is 0.314 e. The molecule has 4 heteroatoms. The lowest BCUT2D eigenvalue weighted by molar-refractivity contribution is -0.164.